The largest absolute Gasteiger partial charge is 0.365 e. The zero-order chi connectivity index (χ0) is 12.4. The number of anilines is 1. The van der Waals surface area contributed by atoms with Gasteiger partial charge in [0.2, 0.25) is 0 Å². The van der Waals surface area contributed by atoms with Crippen LogP contribution in [0.3, 0.4) is 0 Å². The van der Waals surface area contributed by atoms with Gasteiger partial charge in [0, 0.05) is 19.7 Å². The van der Waals surface area contributed by atoms with Crippen molar-refractivity contribution >= 4 is 5.82 Å². The molecule has 0 radical (unpaired) electrons. The van der Waals surface area contributed by atoms with Crippen molar-refractivity contribution in [2.24, 2.45) is 7.05 Å². The second-order valence-corrected chi connectivity index (χ2v) is 4.24. The molecule has 0 fully saturated rings. The SMILES string of the molecule is CCn1ncc(C)c1CNc1cc(C)nn1C. The third-order valence-corrected chi connectivity index (χ3v) is 2.90. The van der Waals surface area contributed by atoms with E-state index in [0.717, 1.165) is 24.6 Å². The average Bonchev–Trinajstić information content (AvgIpc) is 2.79. The van der Waals surface area contributed by atoms with Crippen LogP contribution in [0, 0.1) is 13.8 Å². The number of hydrogen-bond acceptors (Lipinski definition) is 3. The van der Waals surface area contributed by atoms with Crippen molar-refractivity contribution < 1.29 is 0 Å². The molecule has 2 rings (SSSR count). The lowest BCUT2D eigenvalue weighted by atomic mass is 10.2. The molecule has 0 amide bonds. The topological polar surface area (TPSA) is 47.7 Å². The van der Waals surface area contributed by atoms with E-state index in [4.69, 9.17) is 0 Å². The second kappa shape index (κ2) is 4.61. The number of aryl methyl sites for hydroxylation is 4. The van der Waals surface area contributed by atoms with E-state index in [2.05, 4.69) is 29.4 Å². The molecule has 2 aromatic rings. The third-order valence-electron chi connectivity index (χ3n) is 2.90. The maximum atomic E-state index is 4.33. The number of hydrogen-bond donors (Lipinski definition) is 1. The van der Waals surface area contributed by atoms with Crippen LogP contribution in [0.4, 0.5) is 5.82 Å². The van der Waals surface area contributed by atoms with E-state index in [9.17, 15) is 0 Å². The molecule has 5 heteroatoms. The Labute approximate surface area is 101 Å². The molecule has 0 aromatic carbocycles. The Kier molecular flexibility index (Phi) is 3.17. The first-order chi connectivity index (χ1) is 8.11. The van der Waals surface area contributed by atoms with Crippen LogP contribution in [0.15, 0.2) is 12.3 Å². The summed E-state index contributed by atoms with van der Waals surface area (Å²) < 4.78 is 3.88. The maximum absolute atomic E-state index is 4.33. The van der Waals surface area contributed by atoms with Crippen LogP contribution in [-0.4, -0.2) is 19.6 Å². The molecule has 0 atom stereocenters. The average molecular weight is 233 g/mol. The fraction of sp³-hybridized carbons (Fsp3) is 0.500. The van der Waals surface area contributed by atoms with Crippen LogP contribution in [0.25, 0.3) is 0 Å². The van der Waals surface area contributed by atoms with Crippen molar-refractivity contribution in [2.45, 2.75) is 33.9 Å². The summed E-state index contributed by atoms with van der Waals surface area (Å²) in [5.41, 5.74) is 3.47. The fourth-order valence-corrected chi connectivity index (χ4v) is 1.96. The molecule has 0 bridgehead atoms. The molecule has 5 nitrogen and oxygen atoms in total. The number of nitrogens with zero attached hydrogens (tertiary/aromatic N) is 4. The summed E-state index contributed by atoms with van der Waals surface area (Å²) in [6.07, 6.45) is 1.91. The summed E-state index contributed by atoms with van der Waals surface area (Å²) >= 11 is 0. The monoisotopic (exact) mass is 233 g/mol. The molecule has 0 aliphatic carbocycles. The summed E-state index contributed by atoms with van der Waals surface area (Å²) in [5, 5.41) is 12.0. The van der Waals surface area contributed by atoms with Gasteiger partial charge in [-0.1, -0.05) is 0 Å². The number of nitrogens with one attached hydrogen (secondary N) is 1. The van der Waals surface area contributed by atoms with Crippen LogP contribution in [-0.2, 0) is 20.1 Å². The Balaban J connectivity index is 2.12. The van der Waals surface area contributed by atoms with Gasteiger partial charge in [-0.15, -0.1) is 0 Å². The van der Waals surface area contributed by atoms with Crippen LogP contribution >= 0.6 is 0 Å². The van der Waals surface area contributed by atoms with Gasteiger partial charge >= 0.3 is 0 Å². The Morgan fingerprint density at radius 1 is 1.35 bits per heavy atom. The first-order valence-electron chi connectivity index (χ1n) is 5.87. The van der Waals surface area contributed by atoms with Crippen LogP contribution in [0.5, 0.6) is 0 Å². The molecule has 0 unspecified atom stereocenters. The highest BCUT2D eigenvalue weighted by atomic mass is 15.3. The van der Waals surface area contributed by atoms with Gasteiger partial charge in [0.25, 0.3) is 0 Å². The van der Waals surface area contributed by atoms with Gasteiger partial charge in [0.1, 0.15) is 5.82 Å². The molecule has 2 heterocycles. The van der Waals surface area contributed by atoms with Gasteiger partial charge in [-0.05, 0) is 26.3 Å². The van der Waals surface area contributed by atoms with Crippen molar-refractivity contribution in [2.75, 3.05) is 5.32 Å². The Hall–Kier alpha value is -1.78. The highest BCUT2D eigenvalue weighted by Crippen LogP contribution is 2.12. The smallest absolute Gasteiger partial charge is 0.124 e. The Morgan fingerprint density at radius 3 is 2.71 bits per heavy atom. The van der Waals surface area contributed by atoms with Gasteiger partial charge < -0.3 is 5.32 Å². The van der Waals surface area contributed by atoms with E-state index in [-0.39, 0.29) is 0 Å². The minimum atomic E-state index is 0.776. The molecule has 2 aromatic heterocycles. The molecule has 0 saturated carbocycles. The first kappa shape index (κ1) is 11.7. The van der Waals surface area contributed by atoms with Crippen molar-refractivity contribution in [1.82, 2.24) is 19.6 Å². The first-order valence-corrected chi connectivity index (χ1v) is 5.87. The fourth-order valence-electron chi connectivity index (χ4n) is 1.96. The maximum Gasteiger partial charge on any atom is 0.124 e. The van der Waals surface area contributed by atoms with Crippen molar-refractivity contribution in [3.8, 4) is 0 Å². The summed E-state index contributed by atoms with van der Waals surface area (Å²) in [6, 6.07) is 2.04. The standard InChI is InChI=1S/C12H19N5/c1-5-17-11(9(2)7-14-17)8-13-12-6-10(3)15-16(12)4/h6-7,13H,5,8H2,1-4H3. The highest BCUT2D eigenvalue weighted by Gasteiger charge is 2.07. The van der Waals surface area contributed by atoms with Gasteiger partial charge in [-0.3, -0.25) is 9.36 Å². The minimum Gasteiger partial charge on any atom is -0.365 e. The summed E-state index contributed by atoms with van der Waals surface area (Å²) in [5.74, 6) is 1.03. The second-order valence-electron chi connectivity index (χ2n) is 4.24. The lowest BCUT2D eigenvalue weighted by Crippen LogP contribution is -2.10. The molecule has 17 heavy (non-hydrogen) atoms. The van der Waals surface area contributed by atoms with Gasteiger partial charge in [0.05, 0.1) is 24.1 Å². The normalized spacial score (nSPS) is 10.8. The summed E-state index contributed by atoms with van der Waals surface area (Å²) in [7, 11) is 1.94. The zero-order valence-electron chi connectivity index (χ0n) is 10.9. The molecule has 92 valence electrons. The molecule has 0 aliphatic rings. The van der Waals surface area contributed by atoms with Crippen LogP contribution in [0.1, 0.15) is 23.9 Å². The summed E-state index contributed by atoms with van der Waals surface area (Å²) in [4.78, 5) is 0. The van der Waals surface area contributed by atoms with Crippen molar-refractivity contribution in [3.63, 3.8) is 0 Å². The lowest BCUT2D eigenvalue weighted by Gasteiger charge is -2.09. The predicted octanol–water partition coefficient (Wildman–Crippen LogP) is 1.87. The van der Waals surface area contributed by atoms with Gasteiger partial charge in [-0.25, -0.2) is 0 Å². The van der Waals surface area contributed by atoms with E-state index in [0.29, 0.717) is 0 Å². The minimum absolute atomic E-state index is 0.776. The third kappa shape index (κ3) is 2.33. The van der Waals surface area contributed by atoms with Crippen molar-refractivity contribution in [3.05, 3.63) is 29.2 Å². The molecule has 0 saturated heterocycles. The zero-order valence-corrected chi connectivity index (χ0v) is 10.9. The molecule has 0 aliphatic heterocycles. The van der Waals surface area contributed by atoms with E-state index < -0.39 is 0 Å². The lowest BCUT2D eigenvalue weighted by molar-refractivity contribution is 0.625. The molecule has 1 N–H and O–H groups in total. The Morgan fingerprint density at radius 2 is 2.12 bits per heavy atom. The molecular weight excluding hydrogens is 214 g/mol. The van der Waals surface area contributed by atoms with Gasteiger partial charge in [0.15, 0.2) is 0 Å². The van der Waals surface area contributed by atoms with Gasteiger partial charge in [-0.2, -0.15) is 10.2 Å². The predicted molar refractivity (Wildman–Crippen MR) is 67.9 cm³/mol. The van der Waals surface area contributed by atoms with Crippen LogP contribution in [0.2, 0.25) is 0 Å². The quantitative estimate of drug-likeness (QED) is 0.877. The number of aromatic nitrogens is 4. The van der Waals surface area contributed by atoms with E-state index in [1.807, 2.05) is 35.6 Å². The molecule has 0 spiro atoms. The molecular formula is C12H19N5. The van der Waals surface area contributed by atoms with Crippen molar-refractivity contribution in [1.29, 1.82) is 0 Å². The van der Waals surface area contributed by atoms with E-state index >= 15 is 0 Å². The van der Waals surface area contributed by atoms with E-state index in [1.54, 1.807) is 0 Å². The Bertz CT molecular complexity index is 509. The number of rotatable bonds is 4. The van der Waals surface area contributed by atoms with E-state index in [1.165, 1.54) is 11.3 Å². The van der Waals surface area contributed by atoms with Crippen LogP contribution < -0.4 is 5.32 Å². The highest BCUT2D eigenvalue weighted by molar-refractivity contribution is 5.37. The summed E-state index contributed by atoms with van der Waals surface area (Å²) in [6.45, 7) is 7.86.